The lowest BCUT2D eigenvalue weighted by molar-refractivity contribution is -0.128. The summed E-state index contributed by atoms with van der Waals surface area (Å²) >= 11 is 3.36. The van der Waals surface area contributed by atoms with E-state index in [-0.39, 0.29) is 12.5 Å². The maximum atomic E-state index is 11.7. The fraction of sp³-hybridized carbons (Fsp3) is 0.462. The van der Waals surface area contributed by atoms with Crippen LogP contribution >= 0.6 is 15.9 Å². The highest BCUT2D eigenvalue weighted by atomic mass is 79.9. The smallest absolute Gasteiger partial charge is 0.272 e. The number of ether oxygens (including phenoxy) is 1. The fourth-order valence-corrected chi connectivity index (χ4v) is 2.30. The number of hydrogen-bond acceptors (Lipinski definition) is 3. The molecule has 1 saturated heterocycles. The van der Waals surface area contributed by atoms with Gasteiger partial charge in [0.2, 0.25) is 0 Å². The molecule has 4 nitrogen and oxygen atoms in total. The maximum Gasteiger partial charge on any atom is 0.272 e. The number of carbonyl (C=O) groups excluding carboxylic acids is 1. The summed E-state index contributed by atoms with van der Waals surface area (Å²) in [6, 6.07) is 7.47. The molecule has 1 aromatic carbocycles. The Balaban J connectivity index is 1.74. The zero-order chi connectivity index (χ0) is 12.8. The Bertz CT molecular complexity index is 406. The highest BCUT2D eigenvalue weighted by Crippen LogP contribution is 2.17. The predicted molar refractivity (Wildman–Crippen MR) is 73.2 cm³/mol. The van der Waals surface area contributed by atoms with Crippen molar-refractivity contribution in [1.29, 1.82) is 0 Å². The molecule has 0 aromatic heterocycles. The third kappa shape index (κ3) is 4.31. The first-order chi connectivity index (χ1) is 8.74. The quantitative estimate of drug-likeness (QED) is 0.928. The molecule has 1 heterocycles. The van der Waals surface area contributed by atoms with E-state index >= 15 is 0 Å². The Labute approximate surface area is 115 Å². The molecule has 0 radical (unpaired) electrons. The van der Waals surface area contributed by atoms with Crippen molar-refractivity contribution in [3.05, 3.63) is 28.7 Å². The number of amides is 1. The van der Waals surface area contributed by atoms with Crippen LogP contribution in [0.4, 0.5) is 0 Å². The molecule has 0 aliphatic carbocycles. The molecule has 0 spiro atoms. The van der Waals surface area contributed by atoms with Gasteiger partial charge in [-0.25, -0.2) is 5.01 Å². The zero-order valence-corrected chi connectivity index (χ0v) is 11.8. The van der Waals surface area contributed by atoms with Crippen molar-refractivity contribution in [3.63, 3.8) is 0 Å². The zero-order valence-electron chi connectivity index (χ0n) is 10.2. The topological polar surface area (TPSA) is 41.6 Å². The van der Waals surface area contributed by atoms with Crippen molar-refractivity contribution in [3.8, 4) is 5.75 Å². The van der Waals surface area contributed by atoms with Crippen LogP contribution in [0.25, 0.3) is 0 Å². The van der Waals surface area contributed by atoms with Gasteiger partial charge in [-0.3, -0.25) is 10.2 Å². The van der Waals surface area contributed by atoms with Crippen LogP contribution in [0.1, 0.15) is 19.3 Å². The minimum atomic E-state index is -0.100. The molecular weight excluding hydrogens is 296 g/mol. The SMILES string of the molecule is O=C(COc1cccc(Br)c1)NN1CCCCC1. The normalized spacial score (nSPS) is 16.3. The Hall–Kier alpha value is -1.07. The van der Waals surface area contributed by atoms with Gasteiger partial charge in [0, 0.05) is 17.6 Å². The number of hydrogen-bond donors (Lipinski definition) is 1. The largest absolute Gasteiger partial charge is 0.484 e. The summed E-state index contributed by atoms with van der Waals surface area (Å²) in [5.41, 5.74) is 2.86. The van der Waals surface area contributed by atoms with E-state index in [9.17, 15) is 4.79 Å². The van der Waals surface area contributed by atoms with E-state index in [0.717, 1.165) is 30.4 Å². The van der Waals surface area contributed by atoms with E-state index in [1.54, 1.807) is 0 Å². The second kappa shape index (κ2) is 6.75. The lowest BCUT2D eigenvalue weighted by atomic mass is 10.2. The number of rotatable bonds is 4. The number of nitrogens with one attached hydrogen (secondary N) is 1. The van der Waals surface area contributed by atoms with E-state index in [1.807, 2.05) is 29.3 Å². The molecule has 1 aromatic rings. The van der Waals surface area contributed by atoms with Crippen LogP contribution in [0.2, 0.25) is 0 Å². The number of halogens is 1. The lowest BCUT2D eigenvalue weighted by Gasteiger charge is -2.26. The minimum absolute atomic E-state index is 0.0486. The highest BCUT2D eigenvalue weighted by molar-refractivity contribution is 9.10. The third-order valence-corrected chi connectivity index (χ3v) is 3.30. The lowest BCUT2D eigenvalue weighted by Crippen LogP contribution is -2.46. The van der Waals surface area contributed by atoms with Crippen LogP contribution in [0.5, 0.6) is 5.75 Å². The molecular formula is C13H17BrN2O2. The first kappa shape index (κ1) is 13.4. The van der Waals surface area contributed by atoms with Crippen molar-refractivity contribution < 1.29 is 9.53 Å². The van der Waals surface area contributed by atoms with E-state index in [1.165, 1.54) is 6.42 Å². The third-order valence-electron chi connectivity index (χ3n) is 2.80. The molecule has 2 rings (SSSR count). The number of benzene rings is 1. The summed E-state index contributed by atoms with van der Waals surface area (Å²) in [4.78, 5) is 11.7. The first-order valence-electron chi connectivity index (χ1n) is 6.17. The van der Waals surface area contributed by atoms with Crippen molar-refractivity contribution >= 4 is 21.8 Å². The predicted octanol–water partition coefficient (Wildman–Crippen LogP) is 2.34. The molecule has 0 atom stereocenters. The summed E-state index contributed by atoms with van der Waals surface area (Å²) in [6.45, 7) is 1.91. The van der Waals surface area contributed by atoms with E-state index in [4.69, 9.17) is 4.74 Å². The Morgan fingerprint density at radius 3 is 2.83 bits per heavy atom. The Kier molecular flexibility index (Phi) is 5.01. The van der Waals surface area contributed by atoms with Gasteiger partial charge >= 0.3 is 0 Å². The second-order valence-corrected chi connectivity index (χ2v) is 5.24. The molecule has 1 aliphatic heterocycles. The molecule has 5 heteroatoms. The molecule has 0 saturated carbocycles. The van der Waals surface area contributed by atoms with Gasteiger partial charge < -0.3 is 4.74 Å². The van der Waals surface area contributed by atoms with Crippen molar-refractivity contribution in [1.82, 2.24) is 10.4 Å². The van der Waals surface area contributed by atoms with Gasteiger partial charge in [0.15, 0.2) is 6.61 Å². The summed E-state index contributed by atoms with van der Waals surface area (Å²) in [5, 5.41) is 1.97. The average molecular weight is 313 g/mol. The van der Waals surface area contributed by atoms with Crippen LogP contribution in [-0.4, -0.2) is 30.6 Å². The maximum absolute atomic E-state index is 11.7. The molecule has 1 N–H and O–H groups in total. The van der Waals surface area contributed by atoms with E-state index in [0.29, 0.717) is 5.75 Å². The molecule has 1 fully saturated rings. The van der Waals surface area contributed by atoms with Gasteiger partial charge in [-0.05, 0) is 31.0 Å². The van der Waals surface area contributed by atoms with Gasteiger partial charge in [-0.1, -0.05) is 28.4 Å². The van der Waals surface area contributed by atoms with Gasteiger partial charge in [-0.2, -0.15) is 0 Å². The Morgan fingerprint density at radius 1 is 1.33 bits per heavy atom. The fourth-order valence-electron chi connectivity index (χ4n) is 1.92. The first-order valence-corrected chi connectivity index (χ1v) is 6.96. The molecule has 98 valence electrons. The minimum Gasteiger partial charge on any atom is -0.484 e. The summed E-state index contributed by atoms with van der Waals surface area (Å²) in [5.74, 6) is 0.593. The molecule has 1 amide bonds. The van der Waals surface area contributed by atoms with E-state index in [2.05, 4.69) is 21.4 Å². The standard InChI is InChI=1S/C13H17BrN2O2/c14-11-5-4-6-12(9-11)18-10-13(17)15-16-7-2-1-3-8-16/h4-6,9H,1-3,7-8,10H2,(H,15,17). The van der Waals surface area contributed by atoms with Crippen molar-refractivity contribution in [2.24, 2.45) is 0 Å². The van der Waals surface area contributed by atoms with Crippen LogP contribution < -0.4 is 10.2 Å². The molecule has 0 bridgehead atoms. The average Bonchev–Trinajstić information content (AvgIpc) is 2.38. The van der Waals surface area contributed by atoms with Gasteiger partial charge in [-0.15, -0.1) is 0 Å². The van der Waals surface area contributed by atoms with Gasteiger partial charge in [0.25, 0.3) is 5.91 Å². The Morgan fingerprint density at radius 2 is 2.11 bits per heavy atom. The summed E-state index contributed by atoms with van der Waals surface area (Å²) in [6.07, 6.45) is 3.54. The summed E-state index contributed by atoms with van der Waals surface area (Å²) in [7, 11) is 0. The number of nitrogens with zero attached hydrogens (tertiary/aromatic N) is 1. The number of carbonyl (C=O) groups is 1. The van der Waals surface area contributed by atoms with Crippen LogP contribution in [0.15, 0.2) is 28.7 Å². The molecule has 18 heavy (non-hydrogen) atoms. The second-order valence-electron chi connectivity index (χ2n) is 4.33. The van der Waals surface area contributed by atoms with Crippen molar-refractivity contribution in [2.45, 2.75) is 19.3 Å². The molecule has 0 unspecified atom stereocenters. The summed E-state index contributed by atoms with van der Waals surface area (Å²) < 4.78 is 6.36. The van der Waals surface area contributed by atoms with Gasteiger partial charge in [0.05, 0.1) is 0 Å². The van der Waals surface area contributed by atoms with Gasteiger partial charge in [0.1, 0.15) is 5.75 Å². The number of hydrazine groups is 1. The monoisotopic (exact) mass is 312 g/mol. The van der Waals surface area contributed by atoms with E-state index < -0.39 is 0 Å². The van der Waals surface area contributed by atoms with Crippen LogP contribution in [-0.2, 0) is 4.79 Å². The highest BCUT2D eigenvalue weighted by Gasteiger charge is 2.12. The van der Waals surface area contributed by atoms with Crippen LogP contribution in [0.3, 0.4) is 0 Å². The molecule has 1 aliphatic rings. The van der Waals surface area contributed by atoms with Crippen LogP contribution in [0, 0.1) is 0 Å². The number of piperidine rings is 1. The van der Waals surface area contributed by atoms with Crippen molar-refractivity contribution in [2.75, 3.05) is 19.7 Å².